The minimum atomic E-state index is -0.631. The Morgan fingerprint density at radius 3 is 2.84 bits per heavy atom. The molecule has 0 amide bonds. The van der Waals surface area contributed by atoms with Crippen molar-refractivity contribution in [3.63, 3.8) is 0 Å². The zero-order valence-electron chi connectivity index (χ0n) is 11.5. The van der Waals surface area contributed by atoms with E-state index in [-0.39, 0.29) is 0 Å². The quantitative estimate of drug-likeness (QED) is 0.879. The van der Waals surface area contributed by atoms with E-state index in [0.29, 0.717) is 6.42 Å². The number of hydrogen-bond donors (Lipinski definition) is 1. The topological polar surface area (TPSA) is 76.7 Å². The van der Waals surface area contributed by atoms with Crippen LogP contribution < -0.4 is 0 Å². The normalized spacial score (nSPS) is 12.6. The van der Waals surface area contributed by atoms with Crippen LogP contribution in [0.4, 0.5) is 0 Å². The predicted molar refractivity (Wildman–Crippen MR) is 70.5 cm³/mol. The van der Waals surface area contributed by atoms with E-state index in [9.17, 15) is 5.11 Å². The SMILES string of the molecule is CCCn1ncnc1CC(O)c1cc(C)nnc1C. The largest absolute Gasteiger partial charge is 0.388 e. The van der Waals surface area contributed by atoms with E-state index in [0.717, 1.165) is 35.7 Å². The Kier molecular flexibility index (Phi) is 4.21. The van der Waals surface area contributed by atoms with Gasteiger partial charge in [0.15, 0.2) is 0 Å². The molecule has 102 valence electrons. The van der Waals surface area contributed by atoms with E-state index >= 15 is 0 Å². The molecule has 2 aromatic rings. The lowest BCUT2D eigenvalue weighted by Gasteiger charge is -2.13. The summed E-state index contributed by atoms with van der Waals surface area (Å²) in [4.78, 5) is 4.21. The number of aliphatic hydroxyl groups is 1. The highest BCUT2D eigenvalue weighted by Gasteiger charge is 2.16. The van der Waals surface area contributed by atoms with Gasteiger partial charge in [-0.3, -0.25) is 4.68 Å². The molecule has 0 aliphatic carbocycles. The van der Waals surface area contributed by atoms with Crippen molar-refractivity contribution in [2.24, 2.45) is 0 Å². The molecule has 0 aromatic carbocycles. The summed E-state index contributed by atoms with van der Waals surface area (Å²) in [6.45, 7) is 6.61. The summed E-state index contributed by atoms with van der Waals surface area (Å²) in [5.74, 6) is 0.795. The Morgan fingerprint density at radius 2 is 2.11 bits per heavy atom. The highest BCUT2D eigenvalue weighted by atomic mass is 16.3. The van der Waals surface area contributed by atoms with Crippen LogP contribution in [-0.4, -0.2) is 30.1 Å². The van der Waals surface area contributed by atoms with E-state index in [1.54, 1.807) is 0 Å². The zero-order chi connectivity index (χ0) is 13.8. The van der Waals surface area contributed by atoms with E-state index in [2.05, 4.69) is 27.2 Å². The molecule has 1 unspecified atom stereocenters. The van der Waals surface area contributed by atoms with Gasteiger partial charge in [-0.25, -0.2) is 4.98 Å². The second kappa shape index (κ2) is 5.88. The molecule has 0 saturated carbocycles. The molecule has 2 rings (SSSR count). The molecule has 0 aliphatic rings. The summed E-state index contributed by atoms with van der Waals surface area (Å²) in [5.41, 5.74) is 2.35. The first-order chi connectivity index (χ1) is 9.11. The summed E-state index contributed by atoms with van der Waals surface area (Å²) < 4.78 is 1.83. The van der Waals surface area contributed by atoms with Crippen LogP contribution in [-0.2, 0) is 13.0 Å². The van der Waals surface area contributed by atoms with E-state index in [1.165, 1.54) is 6.33 Å². The van der Waals surface area contributed by atoms with Crippen LogP contribution in [0.3, 0.4) is 0 Å². The molecule has 0 fully saturated rings. The third-order valence-corrected chi connectivity index (χ3v) is 3.01. The lowest BCUT2D eigenvalue weighted by atomic mass is 10.0. The standard InChI is InChI=1S/C13H19N5O/c1-4-5-18-13(14-8-15-18)7-12(19)11-6-9(2)16-17-10(11)3/h6,8,12,19H,4-5,7H2,1-3H3. The van der Waals surface area contributed by atoms with E-state index in [1.807, 2.05) is 24.6 Å². The first-order valence-electron chi connectivity index (χ1n) is 6.47. The molecular weight excluding hydrogens is 242 g/mol. The van der Waals surface area contributed by atoms with Crippen molar-refractivity contribution in [2.45, 2.75) is 46.3 Å². The molecule has 0 aliphatic heterocycles. The number of hydrogen-bond acceptors (Lipinski definition) is 5. The van der Waals surface area contributed by atoms with E-state index < -0.39 is 6.10 Å². The van der Waals surface area contributed by atoms with Gasteiger partial charge in [0.1, 0.15) is 12.2 Å². The summed E-state index contributed by atoms with van der Waals surface area (Å²) in [7, 11) is 0. The third-order valence-electron chi connectivity index (χ3n) is 3.01. The monoisotopic (exact) mass is 261 g/mol. The van der Waals surface area contributed by atoms with Crippen LogP contribution in [0.15, 0.2) is 12.4 Å². The van der Waals surface area contributed by atoms with Gasteiger partial charge in [0, 0.05) is 18.5 Å². The fourth-order valence-electron chi connectivity index (χ4n) is 2.03. The molecule has 0 spiro atoms. The van der Waals surface area contributed by atoms with Gasteiger partial charge in [0.2, 0.25) is 0 Å². The van der Waals surface area contributed by atoms with Crippen molar-refractivity contribution in [3.05, 3.63) is 35.2 Å². The van der Waals surface area contributed by atoms with Gasteiger partial charge in [-0.05, 0) is 26.3 Å². The average Bonchev–Trinajstić information content (AvgIpc) is 2.80. The number of aryl methyl sites for hydroxylation is 3. The van der Waals surface area contributed by atoms with Gasteiger partial charge in [0.05, 0.1) is 17.5 Å². The Morgan fingerprint density at radius 1 is 1.32 bits per heavy atom. The maximum Gasteiger partial charge on any atom is 0.138 e. The van der Waals surface area contributed by atoms with Crippen molar-refractivity contribution < 1.29 is 5.11 Å². The van der Waals surface area contributed by atoms with Gasteiger partial charge in [0.25, 0.3) is 0 Å². The first-order valence-corrected chi connectivity index (χ1v) is 6.47. The Labute approximate surface area is 112 Å². The minimum Gasteiger partial charge on any atom is -0.388 e. The molecule has 2 heterocycles. The number of nitrogens with zero attached hydrogens (tertiary/aromatic N) is 5. The van der Waals surface area contributed by atoms with Crippen LogP contribution in [0.2, 0.25) is 0 Å². The minimum absolute atomic E-state index is 0.436. The highest BCUT2D eigenvalue weighted by molar-refractivity contribution is 5.23. The van der Waals surface area contributed by atoms with Crippen molar-refractivity contribution >= 4 is 0 Å². The maximum absolute atomic E-state index is 10.3. The lowest BCUT2D eigenvalue weighted by molar-refractivity contribution is 0.172. The lowest BCUT2D eigenvalue weighted by Crippen LogP contribution is -2.12. The fraction of sp³-hybridized carbons (Fsp3) is 0.538. The smallest absolute Gasteiger partial charge is 0.138 e. The van der Waals surface area contributed by atoms with Crippen molar-refractivity contribution in [1.82, 2.24) is 25.0 Å². The molecular formula is C13H19N5O. The summed E-state index contributed by atoms with van der Waals surface area (Å²) >= 11 is 0. The number of aliphatic hydroxyl groups excluding tert-OH is 1. The molecule has 6 nitrogen and oxygen atoms in total. The van der Waals surface area contributed by atoms with Crippen LogP contribution in [0.5, 0.6) is 0 Å². The molecule has 6 heteroatoms. The van der Waals surface area contributed by atoms with Gasteiger partial charge in [-0.1, -0.05) is 6.92 Å². The number of rotatable bonds is 5. The highest BCUT2D eigenvalue weighted by Crippen LogP contribution is 2.19. The molecule has 1 atom stereocenters. The van der Waals surface area contributed by atoms with Crippen LogP contribution >= 0.6 is 0 Å². The summed E-state index contributed by atoms with van der Waals surface area (Å²) in [6, 6.07) is 1.87. The van der Waals surface area contributed by atoms with Gasteiger partial charge < -0.3 is 5.11 Å². The molecule has 19 heavy (non-hydrogen) atoms. The van der Waals surface area contributed by atoms with Gasteiger partial charge >= 0.3 is 0 Å². The zero-order valence-corrected chi connectivity index (χ0v) is 11.5. The molecule has 0 saturated heterocycles. The first kappa shape index (κ1) is 13.6. The third kappa shape index (κ3) is 3.14. The second-order valence-corrected chi connectivity index (χ2v) is 4.65. The Balaban J connectivity index is 2.18. The average molecular weight is 261 g/mol. The second-order valence-electron chi connectivity index (χ2n) is 4.65. The van der Waals surface area contributed by atoms with Gasteiger partial charge in [-0.2, -0.15) is 15.3 Å². The van der Waals surface area contributed by atoms with Gasteiger partial charge in [-0.15, -0.1) is 0 Å². The fourth-order valence-corrected chi connectivity index (χ4v) is 2.03. The van der Waals surface area contributed by atoms with Crippen molar-refractivity contribution in [3.8, 4) is 0 Å². The summed E-state index contributed by atoms with van der Waals surface area (Å²) in [5, 5.41) is 22.5. The Hall–Kier alpha value is -1.82. The molecule has 1 N–H and O–H groups in total. The van der Waals surface area contributed by atoms with E-state index in [4.69, 9.17) is 0 Å². The van der Waals surface area contributed by atoms with Crippen LogP contribution in [0.25, 0.3) is 0 Å². The van der Waals surface area contributed by atoms with Crippen molar-refractivity contribution in [1.29, 1.82) is 0 Å². The Bertz CT molecular complexity index is 552. The molecule has 0 bridgehead atoms. The molecule has 0 radical (unpaired) electrons. The summed E-state index contributed by atoms with van der Waals surface area (Å²) in [6.07, 6.45) is 2.32. The van der Waals surface area contributed by atoms with Crippen LogP contribution in [0.1, 0.15) is 42.2 Å². The van der Waals surface area contributed by atoms with Crippen molar-refractivity contribution in [2.75, 3.05) is 0 Å². The molecule has 2 aromatic heterocycles. The predicted octanol–water partition coefficient (Wildman–Crippen LogP) is 1.37. The van der Waals surface area contributed by atoms with Crippen LogP contribution in [0, 0.1) is 13.8 Å². The number of aromatic nitrogens is 5. The maximum atomic E-state index is 10.3.